The molecule has 0 saturated heterocycles. The van der Waals surface area contributed by atoms with Crippen molar-refractivity contribution in [1.29, 1.82) is 0 Å². The quantitative estimate of drug-likeness (QED) is 0.381. The van der Waals surface area contributed by atoms with Crippen LogP contribution in [0.5, 0.6) is 0 Å². The summed E-state index contributed by atoms with van der Waals surface area (Å²) >= 11 is 0. The van der Waals surface area contributed by atoms with E-state index in [4.69, 9.17) is 0 Å². The van der Waals surface area contributed by atoms with E-state index in [0.29, 0.717) is 0 Å². The van der Waals surface area contributed by atoms with Crippen LogP contribution in [0, 0.1) is 0 Å². The van der Waals surface area contributed by atoms with Crippen molar-refractivity contribution in [2.24, 2.45) is 7.05 Å². The first-order valence-electron chi connectivity index (χ1n) is 11.3. The van der Waals surface area contributed by atoms with Gasteiger partial charge in [0, 0.05) is 31.4 Å². The van der Waals surface area contributed by atoms with Crippen LogP contribution in [0.3, 0.4) is 0 Å². The Bertz CT molecular complexity index is 1650. The molecule has 4 aromatic heterocycles. The summed E-state index contributed by atoms with van der Waals surface area (Å²) in [6.07, 6.45) is -0.936. The smallest absolute Gasteiger partial charge is 0.312 e. The van der Waals surface area contributed by atoms with Crippen LogP contribution in [0.1, 0.15) is 32.0 Å². The molecule has 15 heteroatoms. The van der Waals surface area contributed by atoms with E-state index in [-0.39, 0.29) is 40.6 Å². The number of alkyl halides is 3. The van der Waals surface area contributed by atoms with Crippen molar-refractivity contribution >= 4 is 28.7 Å². The van der Waals surface area contributed by atoms with Crippen LogP contribution in [0.15, 0.2) is 46.5 Å². The molecule has 0 radical (unpaired) electrons. The fraction of sp³-hybridized carbons (Fsp3) is 0.304. The van der Waals surface area contributed by atoms with Crippen LogP contribution < -0.4 is 16.6 Å². The lowest BCUT2D eigenvalue weighted by Crippen LogP contribution is -2.41. The molecular formula is C23H21F3N8O4. The number of aromatic nitrogens is 7. The van der Waals surface area contributed by atoms with E-state index in [1.807, 2.05) is 0 Å². The van der Waals surface area contributed by atoms with Crippen molar-refractivity contribution < 1.29 is 22.8 Å². The first kappa shape index (κ1) is 26.4. The van der Waals surface area contributed by atoms with Crippen molar-refractivity contribution in [3.05, 3.63) is 63.5 Å². The number of Topliss-reactive ketones (excluding diaryl/α,β-unsaturated/α-hetero) is 1. The van der Waals surface area contributed by atoms with Gasteiger partial charge in [-0.15, -0.1) is 0 Å². The summed E-state index contributed by atoms with van der Waals surface area (Å²) in [5, 5.41) is 2.57. The Morgan fingerprint density at radius 1 is 1.11 bits per heavy atom. The highest BCUT2D eigenvalue weighted by molar-refractivity contribution is 5.93. The molecule has 4 rings (SSSR count). The summed E-state index contributed by atoms with van der Waals surface area (Å²) in [6.45, 7) is 2.69. The van der Waals surface area contributed by atoms with Crippen LogP contribution >= 0.6 is 0 Å². The number of amides is 1. The molecular weight excluding hydrogens is 509 g/mol. The highest BCUT2D eigenvalue weighted by Crippen LogP contribution is 2.28. The van der Waals surface area contributed by atoms with Gasteiger partial charge in [0.05, 0.1) is 12.9 Å². The van der Waals surface area contributed by atoms with E-state index in [1.54, 1.807) is 6.92 Å². The zero-order valence-electron chi connectivity index (χ0n) is 20.4. The van der Waals surface area contributed by atoms with E-state index < -0.39 is 41.6 Å². The number of halogens is 3. The van der Waals surface area contributed by atoms with Crippen LogP contribution in [0.4, 0.5) is 19.0 Å². The third-order valence-electron chi connectivity index (χ3n) is 5.80. The number of anilines is 1. The van der Waals surface area contributed by atoms with Gasteiger partial charge in [-0.1, -0.05) is 6.92 Å². The third-order valence-corrected chi connectivity index (χ3v) is 5.80. The molecule has 38 heavy (non-hydrogen) atoms. The average molecular weight is 530 g/mol. The summed E-state index contributed by atoms with van der Waals surface area (Å²) < 4.78 is 41.5. The molecule has 198 valence electrons. The highest BCUT2D eigenvalue weighted by Gasteiger charge is 2.32. The summed E-state index contributed by atoms with van der Waals surface area (Å²) in [5.41, 5.74) is -2.34. The molecule has 0 aliphatic rings. The molecule has 4 aromatic rings. The lowest BCUT2D eigenvalue weighted by atomic mass is 10.2. The number of pyridine rings is 1. The molecule has 1 N–H and O–H groups in total. The molecule has 0 saturated carbocycles. The molecule has 4 heterocycles. The minimum atomic E-state index is -4.59. The maximum Gasteiger partial charge on any atom is 0.433 e. The molecule has 0 unspecified atom stereocenters. The largest absolute Gasteiger partial charge is 0.433 e. The Kier molecular flexibility index (Phi) is 6.93. The lowest BCUT2D eigenvalue weighted by Gasteiger charge is -2.15. The second kappa shape index (κ2) is 9.99. The summed E-state index contributed by atoms with van der Waals surface area (Å²) in [7, 11) is 1.40. The van der Waals surface area contributed by atoms with Crippen molar-refractivity contribution in [2.45, 2.75) is 39.0 Å². The van der Waals surface area contributed by atoms with E-state index in [0.717, 1.165) is 27.5 Å². The Morgan fingerprint density at radius 2 is 1.84 bits per heavy atom. The second-order valence-corrected chi connectivity index (χ2v) is 8.31. The SMILES string of the molecule is CCC(=O)Cn1c(=O)c2c(ncn2[C@@H](C)C(=O)Nc2ccnc(-c3ccc(C(F)(F)F)nc3)n2)n(C)c1=O. The molecule has 0 spiro atoms. The summed E-state index contributed by atoms with van der Waals surface area (Å²) in [6, 6.07) is 2.33. The predicted octanol–water partition coefficient (Wildman–Crippen LogP) is 1.95. The Hall–Kier alpha value is -4.69. The predicted molar refractivity (Wildman–Crippen MR) is 128 cm³/mol. The van der Waals surface area contributed by atoms with Crippen molar-refractivity contribution in [1.82, 2.24) is 33.6 Å². The van der Waals surface area contributed by atoms with E-state index >= 15 is 0 Å². The van der Waals surface area contributed by atoms with E-state index in [1.165, 1.54) is 37.1 Å². The first-order chi connectivity index (χ1) is 17.9. The van der Waals surface area contributed by atoms with Gasteiger partial charge >= 0.3 is 11.9 Å². The third kappa shape index (κ3) is 4.94. The van der Waals surface area contributed by atoms with Gasteiger partial charge < -0.3 is 9.88 Å². The van der Waals surface area contributed by atoms with Crippen LogP contribution in [-0.2, 0) is 29.4 Å². The molecule has 0 fully saturated rings. The number of carbonyl (C=O) groups is 2. The molecule has 0 bridgehead atoms. The van der Waals surface area contributed by atoms with Gasteiger partial charge in [-0.3, -0.25) is 28.5 Å². The van der Waals surface area contributed by atoms with E-state index in [2.05, 4.69) is 25.3 Å². The summed E-state index contributed by atoms with van der Waals surface area (Å²) in [5.74, 6) is -0.843. The normalized spacial score (nSPS) is 12.5. The van der Waals surface area contributed by atoms with Crippen molar-refractivity contribution in [2.75, 3.05) is 5.32 Å². The number of aryl methyl sites for hydroxylation is 1. The fourth-order valence-electron chi connectivity index (χ4n) is 3.63. The van der Waals surface area contributed by atoms with Crippen LogP contribution in [0.25, 0.3) is 22.6 Å². The summed E-state index contributed by atoms with van der Waals surface area (Å²) in [4.78, 5) is 66.3. The Morgan fingerprint density at radius 3 is 2.47 bits per heavy atom. The van der Waals surface area contributed by atoms with Crippen LogP contribution in [0.2, 0.25) is 0 Å². The number of nitrogens with zero attached hydrogens (tertiary/aromatic N) is 7. The van der Waals surface area contributed by atoms with Gasteiger partial charge in [-0.25, -0.2) is 19.7 Å². The molecule has 1 amide bonds. The van der Waals surface area contributed by atoms with Gasteiger partial charge in [0.15, 0.2) is 22.8 Å². The maximum absolute atomic E-state index is 13.1. The number of ketones is 1. The van der Waals surface area contributed by atoms with Gasteiger partial charge in [0.25, 0.3) is 5.56 Å². The Labute approximate surface area is 211 Å². The molecule has 0 aliphatic heterocycles. The molecule has 0 aromatic carbocycles. The van der Waals surface area contributed by atoms with Crippen molar-refractivity contribution in [3.8, 4) is 11.4 Å². The number of imidazole rings is 1. The van der Waals surface area contributed by atoms with E-state index in [9.17, 15) is 32.3 Å². The molecule has 0 aliphatic carbocycles. The topological polar surface area (TPSA) is 147 Å². The minimum Gasteiger partial charge on any atom is -0.312 e. The van der Waals surface area contributed by atoms with Gasteiger partial charge in [-0.05, 0) is 25.1 Å². The number of hydrogen-bond acceptors (Lipinski definition) is 8. The van der Waals surface area contributed by atoms with Gasteiger partial charge in [-0.2, -0.15) is 13.2 Å². The number of hydrogen-bond donors (Lipinski definition) is 1. The number of rotatable bonds is 7. The molecule has 1 atom stereocenters. The second-order valence-electron chi connectivity index (χ2n) is 8.31. The minimum absolute atomic E-state index is 0.0308. The van der Waals surface area contributed by atoms with Gasteiger partial charge in [0.2, 0.25) is 5.91 Å². The zero-order chi connectivity index (χ0) is 27.8. The maximum atomic E-state index is 13.1. The Balaban J connectivity index is 1.63. The molecule has 12 nitrogen and oxygen atoms in total. The number of fused-ring (bicyclic) bond motifs is 1. The number of nitrogens with one attached hydrogen (secondary N) is 1. The van der Waals surface area contributed by atoms with Crippen LogP contribution in [-0.4, -0.2) is 45.3 Å². The average Bonchev–Trinajstić information content (AvgIpc) is 3.34. The first-order valence-corrected chi connectivity index (χ1v) is 11.3. The highest BCUT2D eigenvalue weighted by atomic mass is 19.4. The fourth-order valence-corrected chi connectivity index (χ4v) is 3.63. The number of carbonyl (C=O) groups excluding carboxylic acids is 2. The van der Waals surface area contributed by atoms with Crippen molar-refractivity contribution in [3.63, 3.8) is 0 Å². The van der Waals surface area contributed by atoms with Gasteiger partial charge in [0.1, 0.15) is 17.6 Å². The monoisotopic (exact) mass is 530 g/mol. The standard InChI is InChI=1S/C23H21F3N8O4/c1-4-14(35)10-33-21(37)17-19(32(3)22(33)38)29-11-34(17)12(2)20(36)31-16-7-8-27-18(30-16)13-5-6-15(28-9-13)23(24,25)26/h5-9,11-12H,4,10H2,1-3H3,(H,27,30,31,36)/t12-/m0/s1. The zero-order valence-corrected chi connectivity index (χ0v) is 20.4. The lowest BCUT2D eigenvalue weighted by molar-refractivity contribution is -0.141.